The Hall–Kier alpha value is -2.47. The Morgan fingerprint density at radius 3 is 2.50 bits per heavy atom. The van der Waals surface area contributed by atoms with Gasteiger partial charge < -0.3 is 15.8 Å². The van der Waals surface area contributed by atoms with Crippen molar-refractivity contribution in [1.82, 2.24) is 0 Å². The molecule has 24 heavy (non-hydrogen) atoms. The number of carbonyl (C=O) groups excluding carboxylic acids is 1. The normalized spacial score (nSPS) is 11.2. The number of halogens is 2. The molecule has 0 aromatic heterocycles. The van der Waals surface area contributed by atoms with Crippen LogP contribution in [0.4, 0.5) is 20.2 Å². The Morgan fingerprint density at radius 2 is 1.79 bits per heavy atom. The molecule has 0 unspecified atom stereocenters. The predicted molar refractivity (Wildman–Crippen MR) is 89.9 cm³/mol. The number of para-hydroxylation sites is 1. The van der Waals surface area contributed by atoms with Crippen molar-refractivity contribution in [2.75, 3.05) is 18.5 Å². The van der Waals surface area contributed by atoms with Crippen molar-refractivity contribution in [3.05, 3.63) is 59.2 Å². The highest BCUT2D eigenvalue weighted by molar-refractivity contribution is 5.96. The van der Waals surface area contributed by atoms with Crippen LogP contribution in [0.25, 0.3) is 0 Å². The number of rotatable bonds is 6. The highest BCUT2D eigenvalue weighted by Gasteiger charge is 2.29. The summed E-state index contributed by atoms with van der Waals surface area (Å²) >= 11 is 0. The zero-order valence-electron chi connectivity index (χ0n) is 13.6. The summed E-state index contributed by atoms with van der Waals surface area (Å²) in [7, 11) is 0. The molecule has 6 heteroatoms. The lowest BCUT2D eigenvalue weighted by molar-refractivity contribution is -0.0534. The van der Waals surface area contributed by atoms with Crippen molar-refractivity contribution in [3.8, 4) is 0 Å². The molecule has 0 amide bonds. The summed E-state index contributed by atoms with van der Waals surface area (Å²) in [5, 5.41) is 3.16. The Labute approximate surface area is 139 Å². The highest BCUT2D eigenvalue weighted by Crippen LogP contribution is 2.26. The minimum atomic E-state index is -3.23. The van der Waals surface area contributed by atoms with Crippen molar-refractivity contribution < 1.29 is 18.3 Å². The van der Waals surface area contributed by atoms with E-state index in [0.717, 1.165) is 16.8 Å². The topological polar surface area (TPSA) is 64.3 Å². The zero-order valence-corrected chi connectivity index (χ0v) is 13.6. The van der Waals surface area contributed by atoms with E-state index in [2.05, 4.69) is 5.32 Å². The molecule has 3 N–H and O–H groups in total. The maximum absolute atomic E-state index is 13.2. The molecule has 2 aromatic carbocycles. The van der Waals surface area contributed by atoms with Gasteiger partial charge in [0.2, 0.25) is 0 Å². The first-order chi connectivity index (χ1) is 11.3. The number of anilines is 2. The number of ether oxygens (including phenoxy) is 1. The minimum Gasteiger partial charge on any atom is -0.456 e. The number of nitrogens with one attached hydrogen (secondary N) is 1. The molecule has 0 heterocycles. The molecule has 0 spiro atoms. The van der Waals surface area contributed by atoms with Gasteiger partial charge in [0.05, 0.1) is 17.8 Å². The van der Waals surface area contributed by atoms with Gasteiger partial charge in [0.15, 0.2) is 6.61 Å². The summed E-state index contributed by atoms with van der Waals surface area (Å²) in [5.74, 6) is -4.05. The molecule has 2 aromatic rings. The van der Waals surface area contributed by atoms with Crippen LogP contribution in [0.5, 0.6) is 0 Å². The average molecular weight is 334 g/mol. The third-order valence-electron chi connectivity index (χ3n) is 3.73. The van der Waals surface area contributed by atoms with Crippen LogP contribution in [-0.2, 0) is 4.74 Å². The van der Waals surface area contributed by atoms with Gasteiger partial charge in [0.1, 0.15) is 0 Å². The molecule has 0 aliphatic carbocycles. The minimum absolute atomic E-state index is 0.186. The van der Waals surface area contributed by atoms with E-state index in [1.807, 2.05) is 32.0 Å². The molecule has 0 saturated heterocycles. The first kappa shape index (κ1) is 17.9. The van der Waals surface area contributed by atoms with E-state index < -0.39 is 25.0 Å². The fraction of sp³-hybridized carbons (Fsp3) is 0.278. The summed E-state index contributed by atoms with van der Waals surface area (Å²) in [6.07, 6.45) is 0. The van der Waals surface area contributed by atoms with Crippen LogP contribution < -0.4 is 11.1 Å². The number of benzene rings is 2. The standard InChI is InChI=1S/C18H20F2N2O2/c1-12-6-5-9-15(13(12)2)22-16-8-4-3-7-14(16)17(23)24-11-18(19,20)10-21/h3-9,22H,10-11,21H2,1-2H3. The van der Waals surface area contributed by atoms with Crippen molar-refractivity contribution in [3.63, 3.8) is 0 Å². The van der Waals surface area contributed by atoms with Crippen LogP contribution in [0, 0.1) is 13.8 Å². The van der Waals surface area contributed by atoms with E-state index in [4.69, 9.17) is 10.5 Å². The van der Waals surface area contributed by atoms with Gasteiger partial charge in [-0.1, -0.05) is 24.3 Å². The molecular formula is C18H20F2N2O2. The highest BCUT2D eigenvalue weighted by atomic mass is 19.3. The molecule has 0 radical (unpaired) electrons. The maximum atomic E-state index is 13.2. The SMILES string of the molecule is Cc1cccc(Nc2ccccc2C(=O)OCC(F)(F)CN)c1C. The lowest BCUT2D eigenvalue weighted by atomic mass is 10.1. The Bertz CT molecular complexity index is 733. The molecule has 128 valence electrons. The summed E-state index contributed by atoms with van der Waals surface area (Å²) < 4.78 is 31.0. The second-order valence-electron chi connectivity index (χ2n) is 5.55. The molecule has 0 aliphatic rings. The molecule has 0 aliphatic heterocycles. The van der Waals surface area contributed by atoms with E-state index in [1.165, 1.54) is 6.07 Å². The van der Waals surface area contributed by atoms with Crippen LogP contribution in [0.15, 0.2) is 42.5 Å². The molecule has 0 atom stereocenters. The summed E-state index contributed by atoms with van der Waals surface area (Å²) in [5.41, 5.74) is 8.59. The fourth-order valence-electron chi connectivity index (χ4n) is 2.11. The lowest BCUT2D eigenvalue weighted by Crippen LogP contribution is -2.34. The molecular weight excluding hydrogens is 314 g/mol. The first-order valence-corrected chi connectivity index (χ1v) is 7.51. The van der Waals surface area contributed by atoms with Gasteiger partial charge in [-0.05, 0) is 43.2 Å². The fourth-order valence-corrected chi connectivity index (χ4v) is 2.11. The van der Waals surface area contributed by atoms with Gasteiger partial charge in [-0.2, -0.15) is 0 Å². The van der Waals surface area contributed by atoms with Crippen molar-refractivity contribution in [2.45, 2.75) is 19.8 Å². The first-order valence-electron chi connectivity index (χ1n) is 7.51. The predicted octanol–water partition coefficient (Wildman–Crippen LogP) is 3.80. The largest absolute Gasteiger partial charge is 0.456 e. The summed E-state index contributed by atoms with van der Waals surface area (Å²) in [6.45, 7) is 2.03. The Morgan fingerprint density at radius 1 is 1.12 bits per heavy atom. The monoisotopic (exact) mass is 334 g/mol. The van der Waals surface area contributed by atoms with Crippen molar-refractivity contribution in [2.24, 2.45) is 5.73 Å². The number of aryl methyl sites for hydroxylation is 1. The van der Waals surface area contributed by atoms with Crippen LogP contribution in [0.3, 0.4) is 0 Å². The number of nitrogens with two attached hydrogens (primary N) is 1. The van der Waals surface area contributed by atoms with Gasteiger partial charge in [0.25, 0.3) is 5.92 Å². The smallest absolute Gasteiger partial charge is 0.340 e. The van der Waals surface area contributed by atoms with Gasteiger partial charge >= 0.3 is 5.97 Å². The Kier molecular flexibility index (Phi) is 5.51. The van der Waals surface area contributed by atoms with Crippen molar-refractivity contribution in [1.29, 1.82) is 0 Å². The van der Waals surface area contributed by atoms with Crippen LogP contribution in [0.2, 0.25) is 0 Å². The molecule has 0 bridgehead atoms. The zero-order chi connectivity index (χ0) is 17.7. The number of alkyl halides is 2. The van der Waals surface area contributed by atoms with E-state index in [1.54, 1.807) is 18.2 Å². The van der Waals surface area contributed by atoms with E-state index >= 15 is 0 Å². The molecule has 2 rings (SSSR count). The molecule has 0 saturated carbocycles. The van der Waals surface area contributed by atoms with E-state index in [0.29, 0.717) is 5.69 Å². The average Bonchev–Trinajstić information content (AvgIpc) is 2.57. The lowest BCUT2D eigenvalue weighted by Gasteiger charge is -2.16. The van der Waals surface area contributed by atoms with Crippen LogP contribution in [-0.4, -0.2) is 25.0 Å². The van der Waals surface area contributed by atoms with Crippen molar-refractivity contribution >= 4 is 17.3 Å². The second-order valence-corrected chi connectivity index (χ2v) is 5.55. The van der Waals surface area contributed by atoms with Gasteiger partial charge in [-0.25, -0.2) is 13.6 Å². The van der Waals surface area contributed by atoms with Crippen LogP contribution >= 0.6 is 0 Å². The second kappa shape index (κ2) is 7.40. The third kappa shape index (κ3) is 4.29. The van der Waals surface area contributed by atoms with Gasteiger partial charge in [-0.15, -0.1) is 0 Å². The third-order valence-corrected chi connectivity index (χ3v) is 3.73. The summed E-state index contributed by atoms with van der Waals surface area (Å²) in [4.78, 5) is 12.1. The number of hydrogen-bond acceptors (Lipinski definition) is 4. The van der Waals surface area contributed by atoms with E-state index in [9.17, 15) is 13.6 Å². The molecule has 0 fully saturated rings. The quantitative estimate of drug-likeness (QED) is 0.789. The summed E-state index contributed by atoms with van der Waals surface area (Å²) in [6, 6.07) is 12.4. The Balaban J connectivity index is 2.21. The number of hydrogen-bond donors (Lipinski definition) is 2. The van der Waals surface area contributed by atoms with Gasteiger partial charge in [-0.3, -0.25) is 0 Å². The number of esters is 1. The van der Waals surface area contributed by atoms with Crippen LogP contribution in [0.1, 0.15) is 21.5 Å². The van der Waals surface area contributed by atoms with Gasteiger partial charge in [0, 0.05) is 5.69 Å². The number of carbonyl (C=O) groups is 1. The van der Waals surface area contributed by atoms with E-state index in [-0.39, 0.29) is 5.56 Å². The molecule has 4 nitrogen and oxygen atoms in total. The maximum Gasteiger partial charge on any atom is 0.340 e.